The van der Waals surface area contributed by atoms with Crippen LogP contribution in [0.1, 0.15) is 46.6 Å². The number of benzene rings is 2. The van der Waals surface area contributed by atoms with Crippen LogP contribution in [0.4, 0.5) is 0 Å². The number of fused-ring (bicyclic) bond motifs is 2. The van der Waals surface area contributed by atoms with Crippen LogP contribution in [0.5, 0.6) is 5.75 Å². The number of likely N-dealkylation sites (N-methyl/N-ethyl adjacent to an activating group) is 1. The van der Waals surface area contributed by atoms with Gasteiger partial charge in [-0.3, -0.25) is 0 Å². The largest absolute Gasteiger partial charge is 0.496 e. The fourth-order valence-corrected chi connectivity index (χ4v) is 4.59. The van der Waals surface area contributed by atoms with Gasteiger partial charge in [0.05, 0.1) is 7.11 Å². The van der Waals surface area contributed by atoms with Crippen molar-refractivity contribution in [3.05, 3.63) is 64.2 Å². The zero-order valence-electron chi connectivity index (χ0n) is 16.1. The molecule has 1 aliphatic heterocycles. The molecule has 1 unspecified atom stereocenters. The van der Waals surface area contributed by atoms with Crippen LogP contribution >= 0.6 is 0 Å². The lowest BCUT2D eigenvalue weighted by Gasteiger charge is -2.30. The number of hydrogen-bond donors (Lipinski definition) is 1. The molecule has 1 heterocycles. The first-order valence-electron chi connectivity index (χ1n) is 9.90. The van der Waals surface area contributed by atoms with Gasteiger partial charge in [0.25, 0.3) is 0 Å². The lowest BCUT2D eigenvalue weighted by molar-refractivity contribution is 0.299. The Bertz CT molecular complexity index is 771. The van der Waals surface area contributed by atoms with Crippen LogP contribution in [0.2, 0.25) is 0 Å². The molecule has 0 radical (unpaired) electrons. The predicted molar refractivity (Wildman–Crippen MR) is 107 cm³/mol. The van der Waals surface area contributed by atoms with Crippen molar-refractivity contribution in [1.82, 2.24) is 10.2 Å². The molecule has 3 nitrogen and oxygen atoms in total. The number of ether oxygens (including phenoxy) is 1. The first-order valence-corrected chi connectivity index (χ1v) is 9.90. The molecule has 2 aliphatic rings. The summed E-state index contributed by atoms with van der Waals surface area (Å²) in [4.78, 5) is 2.50. The first kappa shape index (κ1) is 17.6. The molecular formula is C23H30N2O. The third-order valence-electron chi connectivity index (χ3n) is 6.02. The van der Waals surface area contributed by atoms with Crippen LogP contribution in [0.15, 0.2) is 36.4 Å². The van der Waals surface area contributed by atoms with E-state index in [0.29, 0.717) is 5.92 Å². The quantitative estimate of drug-likeness (QED) is 0.855. The maximum absolute atomic E-state index is 5.59. The average molecular weight is 351 g/mol. The molecular weight excluding hydrogens is 320 g/mol. The molecule has 0 aromatic heterocycles. The van der Waals surface area contributed by atoms with Crippen LogP contribution < -0.4 is 10.1 Å². The van der Waals surface area contributed by atoms with E-state index in [1.165, 1.54) is 40.7 Å². The first-order chi connectivity index (χ1) is 12.7. The van der Waals surface area contributed by atoms with Crippen LogP contribution in [0.25, 0.3) is 0 Å². The number of nitrogens with one attached hydrogen (secondary N) is 1. The summed E-state index contributed by atoms with van der Waals surface area (Å²) in [6, 6.07) is 13.6. The monoisotopic (exact) mass is 350 g/mol. The van der Waals surface area contributed by atoms with Crippen molar-refractivity contribution in [2.24, 2.45) is 0 Å². The molecule has 1 atom stereocenters. The Labute approximate surface area is 157 Å². The molecule has 0 amide bonds. The van der Waals surface area contributed by atoms with Gasteiger partial charge in [-0.1, -0.05) is 30.3 Å². The Balaban J connectivity index is 1.38. The lowest BCUT2D eigenvalue weighted by atomic mass is 9.82. The van der Waals surface area contributed by atoms with E-state index in [1.54, 1.807) is 7.11 Å². The number of nitrogens with zero attached hydrogens (tertiary/aromatic N) is 1. The minimum atomic E-state index is 0.628. The van der Waals surface area contributed by atoms with E-state index >= 15 is 0 Å². The fourth-order valence-electron chi connectivity index (χ4n) is 4.59. The van der Waals surface area contributed by atoms with Crippen molar-refractivity contribution in [2.75, 3.05) is 27.2 Å². The van der Waals surface area contributed by atoms with E-state index in [9.17, 15) is 0 Å². The highest BCUT2D eigenvalue weighted by atomic mass is 16.5. The topological polar surface area (TPSA) is 24.5 Å². The second-order valence-electron chi connectivity index (χ2n) is 7.84. The molecule has 2 aromatic rings. The van der Waals surface area contributed by atoms with Crippen molar-refractivity contribution in [3.8, 4) is 5.75 Å². The van der Waals surface area contributed by atoms with Crippen molar-refractivity contribution in [3.63, 3.8) is 0 Å². The minimum absolute atomic E-state index is 0.628. The van der Waals surface area contributed by atoms with E-state index in [0.717, 1.165) is 44.8 Å². The molecule has 2 aromatic carbocycles. The van der Waals surface area contributed by atoms with E-state index in [4.69, 9.17) is 4.74 Å². The van der Waals surface area contributed by atoms with Gasteiger partial charge in [0.2, 0.25) is 0 Å². The van der Waals surface area contributed by atoms with E-state index in [1.807, 2.05) is 0 Å². The number of hydrogen-bond acceptors (Lipinski definition) is 3. The Morgan fingerprint density at radius 3 is 2.92 bits per heavy atom. The third kappa shape index (κ3) is 3.65. The summed E-state index contributed by atoms with van der Waals surface area (Å²) in [5, 5.41) is 3.43. The van der Waals surface area contributed by atoms with Gasteiger partial charge in [0.1, 0.15) is 5.75 Å². The fraction of sp³-hybridized carbons (Fsp3) is 0.478. The highest BCUT2D eigenvalue weighted by molar-refractivity contribution is 5.43. The Morgan fingerprint density at radius 2 is 2.04 bits per heavy atom. The molecule has 1 aliphatic carbocycles. The Morgan fingerprint density at radius 1 is 1.15 bits per heavy atom. The molecule has 26 heavy (non-hydrogen) atoms. The van der Waals surface area contributed by atoms with E-state index in [-0.39, 0.29) is 0 Å². The van der Waals surface area contributed by atoms with Gasteiger partial charge in [0.15, 0.2) is 0 Å². The van der Waals surface area contributed by atoms with Gasteiger partial charge in [-0.2, -0.15) is 0 Å². The average Bonchev–Trinajstić information content (AvgIpc) is 3.14. The smallest absolute Gasteiger partial charge is 0.122 e. The van der Waals surface area contributed by atoms with Crippen LogP contribution in [-0.4, -0.2) is 32.1 Å². The maximum atomic E-state index is 5.59. The SMILES string of the molecule is COc1cccc2c1CCCC2CN(C)CCc1ccc2c(c1)CNC2. The number of rotatable bonds is 6. The zero-order chi connectivity index (χ0) is 17.9. The predicted octanol–water partition coefficient (Wildman–Crippen LogP) is 3.89. The van der Waals surface area contributed by atoms with E-state index < -0.39 is 0 Å². The van der Waals surface area contributed by atoms with Gasteiger partial charge < -0.3 is 15.0 Å². The molecule has 1 N–H and O–H groups in total. The van der Waals surface area contributed by atoms with Gasteiger partial charge >= 0.3 is 0 Å². The van der Waals surface area contributed by atoms with Crippen LogP contribution in [0, 0.1) is 0 Å². The van der Waals surface area contributed by atoms with Gasteiger partial charge in [-0.25, -0.2) is 0 Å². The summed E-state index contributed by atoms with van der Waals surface area (Å²) in [6.07, 6.45) is 4.84. The Kier molecular flexibility index (Phi) is 5.28. The van der Waals surface area contributed by atoms with Crippen LogP contribution in [0.3, 0.4) is 0 Å². The van der Waals surface area contributed by atoms with Crippen molar-refractivity contribution in [2.45, 2.75) is 44.7 Å². The summed E-state index contributed by atoms with van der Waals surface area (Å²) < 4.78 is 5.59. The van der Waals surface area contributed by atoms with Crippen molar-refractivity contribution < 1.29 is 4.74 Å². The third-order valence-corrected chi connectivity index (χ3v) is 6.02. The molecule has 0 bridgehead atoms. The van der Waals surface area contributed by atoms with E-state index in [2.05, 4.69) is 53.7 Å². The highest BCUT2D eigenvalue weighted by Crippen LogP contribution is 2.36. The highest BCUT2D eigenvalue weighted by Gasteiger charge is 2.23. The summed E-state index contributed by atoms with van der Waals surface area (Å²) >= 11 is 0. The standard InChI is InChI=1S/C23H30N2O/c1-25(12-11-17-9-10-18-14-24-15-20(18)13-17)16-19-5-3-7-22-21(19)6-4-8-23(22)26-2/h4,6,8-10,13,19,24H,3,5,7,11-12,14-16H2,1-2H3. The number of methoxy groups -OCH3 is 1. The lowest BCUT2D eigenvalue weighted by Crippen LogP contribution is -2.28. The second-order valence-corrected chi connectivity index (χ2v) is 7.84. The van der Waals surface area contributed by atoms with Gasteiger partial charge in [-0.15, -0.1) is 0 Å². The minimum Gasteiger partial charge on any atom is -0.496 e. The zero-order valence-corrected chi connectivity index (χ0v) is 16.1. The summed E-state index contributed by atoms with van der Waals surface area (Å²) in [5.41, 5.74) is 7.36. The second kappa shape index (κ2) is 7.81. The molecule has 0 fully saturated rings. The molecule has 138 valence electrons. The molecule has 4 rings (SSSR count). The summed E-state index contributed by atoms with van der Waals surface area (Å²) in [7, 11) is 4.06. The van der Waals surface area contributed by atoms with Crippen LogP contribution in [-0.2, 0) is 25.9 Å². The molecule has 0 saturated carbocycles. The normalized spacial score (nSPS) is 18.7. The van der Waals surface area contributed by atoms with Gasteiger partial charge in [-0.05, 0) is 72.5 Å². The van der Waals surface area contributed by atoms with Crippen molar-refractivity contribution in [1.29, 1.82) is 0 Å². The summed E-state index contributed by atoms with van der Waals surface area (Å²) in [5.74, 6) is 1.70. The van der Waals surface area contributed by atoms with Crippen molar-refractivity contribution >= 4 is 0 Å². The summed E-state index contributed by atoms with van der Waals surface area (Å²) in [6.45, 7) is 4.30. The van der Waals surface area contributed by atoms with Gasteiger partial charge in [0, 0.05) is 26.2 Å². The molecule has 3 heteroatoms. The molecule has 0 spiro atoms. The Hall–Kier alpha value is -1.84. The maximum Gasteiger partial charge on any atom is 0.122 e. The molecule has 0 saturated heterocycles.